The highest BCUT2D eigenvalue weighted by atomic mass is 79.9. The van der Waals surface area contributed by atoms with Crippen LogP contribution in [0.5, 0.6) is 17.2 Å². The van der Waals surface area contributed by atoms with Crippen LogP contribution in [0.25, 0.3) is 0 Å². The van der Waals surface area contributed by atoms with Crippen LogP contribution in [0.15, 0.2) is 4.47 Å². The molecule has 1 rings (SSSR count). The highest BCUT2D eigenvalue weighted by Crippen LogP contribution is 2.48. The molecule has 1 aromatic rings. The third-order valence-corrected chi connectivity index (χ3v) is 3.06. The number of benzene rings is 1. The summed E-state index contributed by atoms with van der Waals surface area (Å²) >= 11 is 9.20. The van der Waals surface area contributed by atoms with E-state index in [1.807, 2.05) is 0 Å². The van der Waals surface area contributed by atoms with Gasteiger partial charge in [-0.05, 0) is 15.9 Å². The quantitative estimate of drug-likeness (QED) is 0.898. The molecule has 0 unspecified atom stereocenters. The van der Waals surface area contributed by atoms with Gasteiger partial charge in [-0.3, -0.25) is 0 Å². The third kappa shape index (κ3) is 2.00. The first kappa shape index (κ1) is 12.4. The van der Waals surface area contributed by atoms with E-state index in [0.29, 0.717) is 21.5 Å². The molecule has 0 aromatic heterocycles. The minimum atomic E-state index is -0.0180. The van der Waals surface area contributed by atoms with Gasteiger partial charge in [0.05, 0.1) is 19.8 Å². The summed E-state index contributed by atoms with van der Waals surface area (Å²) in [5.41, 5.74) is 5.94. The predicted octanol–water partition coefficient (Wildman–Crippen LogP) is 2.28. The van der Waals surface area contributed by atoms with Gasteiger partial charge in [0.2, 0.25) is 0 Å². The summed E-state index contributed by atoms with van der Waals surface area (Å²) < 4.78 is 10.5. The van der Waals surface area contributed by atoms with Crippen LogP contribution in [0.3, 0.4) is 0 Å². The van der Waals surface area contributed by atoms with Gasteiger partial charge in [-0.2, -0.15) is 0 Å². The lowest BCUT2D eigenvalue weighted by atomic mass is 10.1. The zero-order valence-electron chi connectivity index (χ0n) is 8.30. The molecule has 0 saturated carbocycles. The summed E-state index contributed by atoms with van der Waals surface area (Å²) in [6.07, 6.45) is 0. The Morgan fingerprint density at radius 2 is 1.87 bits per heavy atom. The Morgan fingerprint density at radius 1 is 1.33 bits per heavy atom. The normalized spacial score (nSPS) is 10.2. The van der Waals surface area contributed by atoms with Crippen LogP contribution in [0.1, 0.15) is 5.56 Å². The first-order chi connectivity index (χ1) is 7.08. The highest BCUT2D eigenvalue weighted by Gasteiger charge is 2.22. The number of rotatable bonds is 3. The third-order valence-electron chi connectivity index (χ3n) is 1.98. The minimum Gasteiger partial charge on any atom is -0.506 e. The molecule has 0 fully saturated rings. The van der Waals surface area contributed by atoms with Gasteiger partial charge in [-0.1, -0.05) is 11.6 Å². The molecule has 1 aromatic carbocycles. The molecular formula is C9H11BrClNO3. The summed E-state index contributed by atoms with van der Waals surface area (Å²) in [5, 5.41) is 10.1. The number of ether oxygens (including phenoxy) is 2. The first-order valence-corrected chi connectivity index (χ1v) is 5.26. The summed E-state index contributed by atoms with van der Waals surface area (Å²) in [7, 11) is 2.90. The molecular weight excluding hydrogens is 285 g/mol. The van der Waals surface area contributed by atoms with Crippen LogP contribution in [-0.2, 0) is 6.54 Å². The number of hydrogen-bond acceptors (Lipinski definition) is 4. The van der Waals surface area contributed by atoms with Crippen molar-refractivity contribution in [2.24, 2.45) is 5.73 Å². The maximum absolute atomic E-state index is 9.80. The predicted molar refractivity (Wildman–Crippen MR) is 61.8 cm³/mol. The lowest BCUT2D eigenvalue weighted by molar-refractivity contribution is 0.377. The number of phenolic OH excluding ortho intramolecular Hbond substituents is 1. The molecule has 0 bridgehead atoms. The highest BCUT2D eigenvalue weighted by molar-refractivity contribution is 9.10. The molecule has 0 aliphatic heterocycles. The largest absolute Gasteiger partial charge is 0.506 e. The summed E-state index contributed by atoms with van der Waals surface area (Å²) in [6.45, 7) is 0.122. The second-order valence-corrected chi connectivity index (χ2v) is 3.90. The van der Waals surface area contributed by atoms with Crippen LogP contribution < -0.4 is 15.2 Å². The van der Waals surface area contributed by atoms with Gasteiger partial charge in [-0.25, -0.2) is 0 Å². The molecule has 0 heterocycles. The van der Waals surface area contributed by atoms with E-state index in [2.05, 4.69) is 15.9 Å². The molecule has 3 N–H and O–H groups in total. The lowest BCUT2D eigenvalue weighted by Crippen LogP contribution is -2.03. The van der Waals surface area contributed by atoms with Gasteiger partial charge < -0.3 is 20.3 Å². The maximum Gasteiger partial charge on any atom is 0.159 e. The fraction of sp³-hybridized carbons (Fsp3) is 0.333. The molecule has 6 heteroatoms. The fourth-order valence-corrected chi connectivity index (χ4v) is 2.34. The van der Waals surface area contributed by atoms with Crippen molar-refractivity contribution >= 4 is 27.5 Å². The van der Waals surface area contributed by atoms with Crippen molar-refractivity contribution in [1.29, 1.82) is 0 Å². The topological polar surface area (TPSA) is 64.7 Å². The van der Waals surface area contributed by atoms with Crippen LogP contribution in [0.4, 0.5) is 0 Å². The number of methoxy groups -OCH3 is 2. The van der Waals surface area contributed by atoms with E-state index >= 15 is 0 Å². The van der Waals surface area contributed by atoms with Gasteiger partial charge >= 0.3 is 0 Å². The molecule has 0 radical (unpaired) electrons. The van der Waals surface area contributed by atoms with Crippen molar-refractivity contribution in [3.8, 4) is 17.2 Å². The zero-order valence-corrected chi connectivity index (χ0v) is 10.6. The average Bonchev–Trinajstić information content (AvgIpc) is 2.23. The molecule has 15 heavy (non-hydrogen) atoms. The SMILES string of the molecule is COc1c(Cl)c(OC)c(CN)c(O)c1Br. The van der Waals surface area contributed by atoms with E-state index in [-0.39, 0.29) is 17.3 Å². The van der Waals surface area contributed by atoms with Crippen molar-refractivity contribution < 1.29 is 14.6 Å². The molecule has 0 amide bonds. The Bertz CT molecular complexity index is 384. The fourth-order valence-electron chi connectivity index (χ4n) is 1.26. The van der Waals surface area contributed by atoms with Gasteiger partial charge in [0.1, 0.15) is 21.0 Å². The smallest absolute Gasteiger partial charge is 0.159 e. The summed E-state index contributed by atoms with van der Waals surface area (Å²) in [5.74, 6) is 0.635. The Labute approximate surface area is 101 Å². The van der Waals surface area contributed by atoms with E-state index < -0.39 is 0 Å². The lowest BCUT2D eigenvalue weighted by Gasteiger charge is -2.15. The van der Waals surface area contributed by atoms with E-state index in [9.17, 15) is 5.11 Å². The number of phenols is 1. The first-order valence-electron chi connectivity index (χ1n) is 4.09. The Hall–Kier alpha value is -0.650. The maximum atomic E-state index is 9.80. The second-order valence-electron chi connectivity index (χ2n) is 2.73. The van der Waals surface area contributed by atoms with Crippen LogP contribution >= 0.6 is 27.5 Å². The molecule has 84 valence electrons. The molecule has 4 nitrogen and oxygen atoms in total. The molecule has 0 aliphatic carbocycles. The van der Waals surface area contributed by atoms with Crippen molar-refractivity contribution in [3.63, 3.8) is 0 Å². The Kier molecular flexibility index (Phi) is 4.07. The molecule has 0 saturated heterocycles. The zero-order chi connectivity index (χ0) is 11.6. The summed E-state index contributed by atoms with van der Waals surface area (Å²) in [4.78, 5) is 0. The number of halogens is 2. The standard InChI is InChI=1S/C9H11BrClNO3/c1-14-8-4(3-12)7(13)5(10)9(15-2)6(8)11/h13H,3,12H2,1-2H3. The molecule has 0 spiro atoms. The van der Waals surface area contributed by atoms with Crippen molar-refractivity contribution in [1.82, 2.24) is 0 Å². The van der Waals surface area contributed by atoms with Gasteiger partial charge in [-0.15, -0.1) is 0 Å². The molecule has 0 aliphatic rings. The van der Waals surface area contributed by atoms with Crippen LogP contribution in [0.2, 0.25) is 5.02 Å². The van der Waals surface area contributed by atoms with Gasteiger partial charge in [0, 0.05) is 6.54 Å². The Morgan fingerprint density at radius 3 is 2.27 bits per heavy atom. The van der Waals surface area contributed by atoms with Crippen molar-refractivity contribution in [3.05, 3.63) is 15.1 Å². The van der Waals surface area contributed by atoms with E-state index in [1.54, 1.807) is 0 Å². The summed E-state index contributed by atoms with van der Waals surface area (Å²) in [6, 6.07) is 0. The van der Waals surface area contributed by atoms with E-state index in [0.717, 1.165) is 0 Å². The minimum absolute atomic E-state index is 0.0180. The number of aromatic hydroxyl groups is 1. The van der Waals surface area contributed by atoms with Crippen molar-refractivity contribution in [2.75, 3.05) is 14.2 Å². The van der Waals surface area contributed by atoms with E-state index in [1.165, 1.54) is 14.2 Å². The van der Waals surface area contributed by atoms with Crippen molar-refractivity contribution in [2.45, 2.75) is 6.54 Å². The number of nitrogens with two attached hydrogens (primary N) is 1. The van der Waals surface area contributed by atoms with Crippen LogP contribution in [-0.4, -0.2) is 19.3 Å². The average molecular weight is 297 g/mol. The monoisotopic (exact) mass is 295 g/mol. The Balaban J connectivity index is 3.57. The van der Waals surface area contributed by atoms with Gasteiger partial charge in [0.15, 0.2) is 5.75 Å². The molecule has 0 atom stereocenters. The van der Waals surface area contributed by atoms with Crippen LogP contribution in [0, 0.1) is 0 Å². The second kappa shape index (κ2) is 4.92. The number of hydrogen-bond donors (Lipinski definition) is 2. The van der Waals surface area contributed by atoms with E-state index in [4.69, 9.17) is 26.8 Å². The van der Waals surface area contributed by atoms with Gasteiger partial charge in [0.25, 0.3) is 0 Å².